The maximum atomic E-state index is 12.8. The lowest BCUT2D eigenvalue weighted by Crippen LogP contribution is -2.45. The van der Waals surface area contributed by atoms with E-state index in [1.807, 2.05) is 43.0 Å². The number of piperidine rings is 1. The standard InChI is InChI=1S/C28H35N3O5S/c1-3-36-25-7-5-4-6-23(25)10-13-26(32)30-17-14-28(15-18-30)16-19-31(21-28)27(33)20-29-37(34,35)24-11-8-22(2)9-12-24/h4-13,29H,3,14-21H2,1-2H3/b13-10+. The van der Waals surface area contributed by atoms with E-state index in [1.54, 1.807) is 29.2 Å². The third-order valence-electron chi connectivity index (χ3n) is 7.30. The number of carbonyl (C=O) groups excluding carboxylic acids is 2. The highest BCUT2D eigenvalue weighted by molar-refractivity contribution is 7.89. The van der Waals surface area contributed by atoms with E-state index in [-0.39, 0.29) is 28.7 Å². The lowest BCUT2D eigenvalue weighted by atomic mass is 9.78. The molecule has 2 aliphatic rings. The first-order valence-electron chi connectivity index (χ1n) is 12.7. The number of hydrogen-bond donors (Lipinski definition) is 1. The molecule has 9 heteroatoms. The van der Waals surface area contributed by atoms with Crippen LogP contribution in [0.4, 0.5) is 0 Å². The molecule has 198 valence electrons. The minimum Gasteiger partial charge on any atom is -0.493 e. The number of amides is 2. The zero-order chi connectivity index (χ0) is 26.5. The summed E-state index contributed by atoms with van der Waals surface area (Å²) in [6, 6.07) is 14.2. The van der Waals surface area contributed by atoms with E-state index in [0.29, 0.717) is 32.8 Å². The van der Waals surface area contributed by atoms with Gasteiger partial charge in [0.2, 0.25) is 21.8 Å². The maximum Gasteiger partial charge on any atom is 0.246 e. The fourth-order valence-corrected chi connectivity index (χ4v) is 5.97. The summed E-state index contributed by atoms with van der Waals surface area (Å²) >= 11 is 0. The normalized spacial score (nSPS) is 17.5. The minimum absolute atomic E-state index is 0.0203. The molecule has 2 aromatic rings. The highest BCUT2D eigenvalue weighted by atomic mass is 32.2. The number of benzene rings is 2. The average molecular weight is 526 g/mol. The molecule has 2 aliphatic heterocycles. The Morgan fingerprint density at radius 3 is 2.32 bits per heavy atom. The number of ether oxygens (including phenoxy) is 1. The molecule has 0 aliphatic carbocycles. The van der Waals surface area contributed by atoms with Crippen molar-refractivity contribution in [1.29, 1.82) is 0 Å². The largest absolute Gasteiger partial charge is 0.493 e. The van der Waals surface area contributed by atoms with E-state index in [9.17, 15) is 18.0 Å². The fraction of sp³-hybridized carbons (Fsp3) is 0.429. The summed E-state index contributed by atoms with van der Waals surface area (Å²) in [5, 5.41) is 0. The summed E-state index contributed by atoms with van der Waals surface area (Å²) in [7, 11) is -3.74. The van der Waals surface area contributed by atoms with Gasteiger partial charge >= 0.3 is 0 Å². The Morgan fingerprint density at radius 1 is 1.00 bits per heavy atom. The molecule has 0 radical (unpaired) electrons. The zero-order valence-electron chi connectivity index (χ0n) is 21.5. The first kappa shape index (κ1) is 26.9. The van der Waals surface area contributed by atoms with Gasteiger partial charge in [0.25, 0.3) is 0 Å². The van der Waals surface area contributed by atoms with Crippen molar-refractivity contribution in [3.05, 3.63) is 65.7 Å². The number of nitrogens with zero attached hydrogens (tertiary/aromatic N) is 2. The lowest BCUT2D eigenvalue weighted by molar-refractivity contribution is -0.131. The average Bonchev–Trinajstić information content (AvgIpc) is 3.31. The summed E-state index contributed by atoms with van der Waals surface area (Å²) < 4.78 is 33.1. The Labute approximate surface area is 219 Å². The Balaban J connectivity index is 1.27. The Kier molecular flexibility index (Phi) is 8.34. The van der Waals surface area contributed by atoms with Gasteiger partial charge in [-0.15, -0.1) is 0 Å². The summed E-state index contributed by atoms with van der Waals surface area (Å²) in [4.78, 5) is 29.3. The topological polar surface area (TPSA) is 96.0 Å². The van der Waals surface area contributed by atoms with Crippen LogP contribution in [0.15, 0.2) is 59.5 Å². The van der Waals surface area contributed by atoms with E-state index in [2.05, 4.69) is 4.72 Å². The van der Waals surface area contributed by atoms with Crippen molar-refractivity contribution in [2.24, 2.45) is 5.41 Å². The number of aryl methyl sites for hydroxylation is 1. The first-order valence-corrected chi connectivity index (χ1v) is 14.2. The van der Waals surface area contributed by atoms with Gasteiger partial charge in [0.1, 0.15) is 5.75 Å². The van der Waals surface area contributed by atoms with Gasteiger partial charge in [-0.05, 0) is 62.8 Å². The second-order valence-electron chi connectivity index (χ2n) is 9.83. The molecular formula is C28H35N3O5S. The van der Waals surface area contributed by atoms with Crippen LogP contribution in [-0.2, 0) is 19.6 Å². The van der Waals surface area contributed by atoms with Gasteiger partial charge in [0.15, 0.2) is 0 Å². The molecule has 1 spiro atoms. The van der Waals surface area contributed by atoms with E-state index in [4.69, 9.17) is 4.74 Å². The van der Waals surface area contributed by atoms with Crippen LogP contribution in [0.25, 0.3) is 6.08 Å². The SMILES string of the molecule is CCOc1ccccc1/C=C/C(=O)N1CCC2(CC1)CCN(C(=O)CNS(=O)(=O)c1ccc(C)cc1)C2. The number of nitrogens with one attached hydrogen (secondary N) is 1. The van der Waals surface area contributed by atoms with Crippen molar-refractivity contribution >= 4 is 27.9 Å². The van der Waals surface area contributed by atoms with E-state index in [0.717, 1.165) is 36.1 Å². The molecular weight excluding hydrogens is 490 g/mol. The molecule has 0 saturated carbocycles. The number of carbonyl (C=O) groups is 2. The minimum atomic E-state index is -3.74. The quantitative estimate of drug-likeness (QED) is 0.534. The highest BCUT2D eigenvalue weighted by Gasteiger charge is 2.42. The van der Waals surface area contributed by atoms with Crippen molar-refractivity contribution < 1.29 is 22.7 Å². The van der Waals surface area contributed by atoms with Gasteiger partial charge < -0.3 is 14.5 Å². The zero-order valence-corrected chi connectivity index (χ0v) is 22.3. The molecule has 2 aromatic carbocycles. The summed E-state index contributed by atoms with van der Waals surface area (Å²) in [6.07, 6.45) is 5.90. The fourth-order valence-electron chi connectivity index (χ4n) is 5.00. The second kappa shape index (κ2) is 11.5. The van der Waals surface area contributed by atoms with Crippen molar-refractivity contribution in [2.45, 2.75) is 38.0 Å². The molecule has 0 bridgehead atoms. The number of sulfonamides is 1. The number of para-hydroxylation sites is 1. The molecule has 0 aromatic heterocycles. The molecule has 37 heavy (non-hydrogen) atoms. The highest BCUT2D eigenvalue weighted by Crippen LogP contribution is 2.40. The second-order valence-corrected chi connectivity index (χ2v) is 11.6. The van der Waals surface area contributed by atoms with Crippen molar-refractivity contribution in [3.63, 3.8) is 0 Å². The van der Waals surface area contributed by atoms with Crippen LogP contribution in [0.1, 0.15) is 37.3 Å². The summed E-state index contributed by atoms with van der Waals surface area (Å²) in [5.74, 6) is 0.503. The van der Waals surface area contributed by atoms with Crippen LogP contribution < -0.4 is 9.46 Å². The molecule has 0 unspecified atom stereocenters. The Hall–Kier alpha value is -3.17. The van der Waals surface area contributed by atoms with Gasteiger partial charge in [-0.3, -0.25) is 9.59 Å². The lowest BCUT2D eigenvalue weighted by Gasteiger charge is -2.39. The number of hydrogen-bond acceptors (Lipinski definition) is 5. The molecule has 2 heterocycles. The van der Waals surface area contributed by atoms with Crippen LogP contribution in [0.2, 0.25) is 0 Å². The molecule has 4 rings (SSSR count). The Morgan fingerprint density at radius 2 is 1.65 bits per heavy atom. The van der Waals surface area contributed by atoms with E-state index < -0.39 is 10.0 Å². The van der Waals surface area contributed by atoms with Crippen LogP contribution >= 0.6 is 0 Å². The smallest absolute Gasteiger partial charge is 0.246 e. The molecule has 8 nitrogen and oxygen atoms in total. The summed E-state index contributed by atoms with van der Waals surface area (Å²) in [5.41, 5.74) is 1.82. The molecule has 2 amide bonds. The monoisotopic (exact) mass is 525 g/mol. The third-order valence-corrected chi connectivity index (χ3v) is 8.71. The van der Waals surface area contributed by atoms with E-state index >= 15 is 0 Å². The predicted molar refractivity (Wildman–Crippen MR) is 142 cm³/mol. The molecule has 1 N–H and O–H groups in total. The molecule has 2 fully saturated rings. The van der Waals surface area contributed by atoms with Gasteiger partial charge in [-0.2, -0.15) is 0 Å². The van der Waals surface area contributed by atoms with Crippen LogP contribution in [0.3, 0.4) is 0 Å². The van der Waals surface area contributed by atoms with Crippen molar-refractivity contribution in [2.75, 3.05) is 39.3 Å². The van der Waals surface area contributed by atoms with Crippen LogP contribution in [0.5, 0.6) is 5.75 Å². The summed E-state index contributed by atoms with van der Waals surface area (Å²) in [6.45, 7) is 6.59. The van der Waals surface area contributed by atoms with Gasteiger partial charge in [0, 0.05) is 37.8 Å². The van der Waals surface area contributed by atoms with Gasteiger partial charge in [-0.25, -0.2) is 13.1 Å². The maximum absolute atomic E-state index is 12.8. The third kappa shape index (κ3) is 6.59. The van der Waals surface area contributed by atoms with Gasteiger partial charge in [0.05, 0.1) is 18.0 Å². The predicted octanol–water partition coefficient (Wildman–Crippen LogP) is 3.23. The van der Waals surface area contributed by atoms with E-state index in [1.165, 1.54) is 12.1 Å². The van der Waals surface area contributed by atoms with Crippen molar-refractivity contribution in [3.8, 4) is 5.75 Å². The van der Waals surface area contributed by atoms with Crippen LogP contribution in [-0.4, -0.2) is 69.4 Å². The number of likely N-dealkylation sites (tertiary alicyclic amines) is 2. The molecule has 2 saturated heterocycles. The molecule has 0 atom stereocenters. The Bertz CT molecular complexity index is 1250. The number of rotatable bonds is 8. The first-order chi connectivity index (χ1) is 17.7. The van der Waals surface area contributed by atoms with Crippen LogP contribution in [0, 0.1) is 12.3 Å². The van der Waals surface area contributed by atoms with Crippen molar-refractivity contribution in [1.82, 2.24) is 14.5 Å². The van der Waals surface area contributed by atoms with Gasteiger partial charge in [-0.1, -0.05) is 35.9 Å².